The highest BCUT2D eigenvalue weighted by atomic mass is 79.9. The van der Waals surface area contributed by atoms with Gasteiger partial charge in [0.25, 0.3) is 0 Å². The smallest absolute Gasteiger partial charge is 0.213 e. The average molecular weight is 406 g/mol. The topological polar surface area (TPSA) is 37.7 Å². The molecule has 2 aliphatic rings. The molecule has 0 fully saturated rings. The van der Waals surface area contributed by atoms with E-state index in [0.29, 0.717) is 0 Å². The molecule has 0 saturated heterocycles. The monoisotopic (exact) mass is 405 g/mol. The van der Waals surface area contributed by atoms with E-state index in [-0.39, 0.29) is 12.3 Å². The van der Waals surface area contributed by atoms with Crippen molar-refractivity contribution < 1.29 is 4.74 Å². The van der Waals surface area contributed by atoms with Crippen molar-refractivity contribution in [1.29, 1.82) is 0 Å². The third kappa shape index (κ3) is 2.59. The van der Waals surface area contributed by atoms with E-state index in [0.717, 1.165) is 33.5 Å². The minimum Gasteiger partial charge on any atom is -0.464 e. The molecule has 3 heterocycles. The number of hydrazone groups is 1. The van der Waals surface area contributed by atoms with Crippen LogP contribution in [0.3, 0.4) is 0 Å². The van der Waals surface area contributed by atoms with Gasteiger partial charge in [-0.2, -0.15) is 5.10 Å². The number of rotatable bonds is 2. The summed E-state index contributed by atoms with van der Waals surface area (Å²) in [6, 6.07) is 20.7. The zero-order chi connectivity index (χ0) is 17.5. The Morgan fingerprint density at radius 2 is 1.81 bits per heavy atom. The van der Waals surface area contributed by atoms with Gasteiger partial charge in [-0.05, 0) is 35.9 Å². The number of hydrogen-bond acceptors (Lipinski definition) is 4. The molecule has 3 aromatic rings. The van der Waals surface area contributed by atoms with Crippen molar-refractivity contribution in [2.24, 2.45) is 5.10 Å². The highest BCUT2D eigenvalue weighted by Crippen LogP contribution is 2.48. The summed E-state index contributed by atoms with van der Waals surface area (Å²) in [5, 5.41) is 7.05. The number of aromatic nitrogens is 1. The van der Waals surface area contributed by atoms with Crippen LogP contribution in [0.1, 0.15) is 35.4 Å². The molecule has 1 aromatic heterocycles. The molecular weight excluding hydrogens is 390 g/mol. The Morgan fingerprint density at radius 1 is 1.00 bits per heavy atom. The normalized spacial score (nSPS) is 20.8. The SMILES string of the molecule is Brc1ccc2c(c1)[C@@H]1CC(c3ccccc3)=NN1[C@@H](c1ccncc1)O2. The van der Waals surface area contributed by atoms with Crippen LogP contribution in [-0.4, -0.2) is 15.7 Å². The lowest BCUT2D eigenvalue weighted by molar-refractivity contribution is -0.0191. The van der Waals surface area contributed by atoms with Gasteiger partial charge in [-0.15, -0.1) is 0 Å². The standard InChI is InChI=1S/C21H16BrN3O/c22-16-6-7-20-17(12-16)19-13-18(14-4-2-1-3-5-14)24-25(19)21(26-20)15-8-10-23-11-9-15/h1-12,19,21H,13H2/t19-,21+/m0/s1. The minimum absolute atomic E-state index is 0.157. The zero-order valence-electron chi connectivity index (χ0n) is 13.9. The average Bonchev–Trinajstić information content (AvgIpc) is 3.15. The first-order valence-corrected chi connectivity index (χ1v) is 9.36. The third-order valence-electron chi connectivity index (χ3n) is 4.85. The van der Waals surface area contributed by atoms with E-state index in [9.17, 15) is 0 Å². The Balaban J connectivity index is 1.62. The summed E-state index contributed by atoms with van der Waals surface area (Å²) in [5.74, 6) is 0.917. The van der Waals surface area contributed by atoms with Crippen LogP contribution in [0.5, 0.6) is 5.75 Å². The number of halogens is 1. The van der Waals surface area contributed by atoms with Crippen LogP contribution in [-0.2, 0) is 0 Å². The van der Waals surface area contributed by atoms with E-state index in [1.807, 2.05) is 30.3 Å². The molecule has 4 nitrogen and oxygen atoms in total. The van der Waals surface area contributed by atoms with Gasteiger partial charge in [0.15, 0.2) is 0 Å². The maximum Gasteiger partial charge on any atom is 0.213 e. The lowest BCUT2D eigenvalue weighted by Gasteiger charge is -2.38. The molecule has 0 bridgehead atoms. The van der Waals surface area contributed by atoms with Gasteiger partial charge in [-0.3, -0.25) is 4.98 Å². The number of hydrogen-bond donors (Lipinski definition) is 0. The second kappa shape index (κ2) is 6.25. The summed E-state index contributed by atoms with van der Waals surface area (Å²) in [7, 11) is 0. The molecule has 0 saturated carbocycles. The van der Waals surface area contributed by atoms with Crippen molar-refractivity contribution in [2.75, 3.05) is 0 Å². The maximum atomic E-state index is 6.34. The second-order valence-electron chi connectivity index (χ2n) is 6.45. The van der Waals surface area contributed by atoms with Crippen molar-refractivity contribution in [3.05, 3.63) is 94.2 Å². The Bertz CT molecular complexity index is 975. The predicted octanol–water partition coefficient (Wildman–Crippen LogP) is 5.09. The molecule has 26 heavy (non-hydrogen) atoms. The molecule has 0 amide bonds. The lowest BCUT2D eigenvalue weighted by Crippen LogP contribution is -2.33. The first-order valence-electron chi connectivity index (χ1n) is 8.57. The summed E-state index contributed by atoms with van der Waals surface area (Å²) >= 11 is 3.59. The van der Waals surface area contributed by atoms with E-state index in [4.69, 9.17) is 9.84 Å². The number of fused-ring (bicyclic) bond motifs is 3. The second-order valence-corrected chi connectivity index (χ2v) is 7.36. The van der Waals surface area contributed by atoms with Crippen LogP contribution in [0.2, 0.25) is 0 Å². The van der Waals surface area contributed by atoms with E-state index >= 15 is 0 Å². The molecule has 0 radical (unpaired) electrons. The van der Waals surface area contributed by atoms with Crippen molar-refractivity contribution in [2.45, 2.75) is 18.7 Å². The lowest BCUT2D eigenvalue weighted by atomic mass is 9.96. The summed E-state index contributed by atoms with van der Waals surface area (Å²) in [6.07, 6.45) is 4.20. The number of nitrogens with zero attached hydrogens (tertiary/aromatic N) is 3. The molecular formula is C21H16BrN3O. The fourth-order valence-corrected chi connectivity index (χ4v) is 3.99. The van der Waals surface area contributed by atoms with Gasteiger partial charge >= 0.3 is 0 Å². The summed E-state index contributed by atoms with van der Waals surface area (Å²) < 4.78 is 7.39. The highest BCUT2D eigenvalue weighted by Gasteiger charge is 2.40. The number of ether oxygens (including phenoxy) is 1. The first-order chi connectivity index (χ1) is 12.8. The van der Waals surface area contributed by atoms with E-state index in [1.165, 1.54) is 5.56 Å². The Hall–Kier alpha value is -2.66. The van der Waals surface area contributed by atoms with Crippen LogP contribution in [0, 0.1) is 0 Å². The zero-order valence-corrected chi connectivity index (χ0v) is 15.5. The first kappa shape index (κ1) is 15.6. The Kier molecular flexibility index (Phi) is 3.75. The Labute approximate surface area is 160 Å². The third-order valence-corrected chi connectivity index (χ3v) is 5.34. The van der Waals surface area contributed by atoms with Crippen molar-refractivity contribution >= 4 is 21.6 Å². The molecule has 5 heteroatoms. The van der Waals surface area contributed by atoms with Crippen LogP contribution < -0.4 is 4.74 Å². The predicted molar refractivity (Wildman–Crippen MR) is 104 cm³/mol. The summed E-state index contributed by atoms with van der Waals surface area (Å²) in [4.78, 5) is 4.13. The van der Waals surface area contributed by atoms with E-state index < -0.39 is 0 Å². The van der Waals surface area contributed by atoms with Crippen molar-refractivity contribution in [1.82, 2.24) is 9.99 Å². The minimum atomic E-state index is -0.252. The van der Waals surface area contributed by atoms with E-state index in [2.05, 4.69) is 56.3 Å². The molecule has 2 atom stereocenters. The molecule has 0 spiro atoms. The van der Waals surface area contributed by atoms with Gasteiger partial charge in [-0.1, -0.05) is 46.3 Å². The van der Waals surface area contributed by atoms with Crippen LogP contribution in [0.4, 0.5) is 0 Å². The van der Waals surface area contributed by atoms with E-state index in [1.54, 1.807) is 12.4 Å². The van der Waals surface area contributed by atoms with Gasteiger partial charge < -0.3 is 4.74 Å². The van der Waals surface area contributed by atoms with Crippen molar-refractivity contribution in [3.8, 4) is 5.75 Å². The summed E-state index contributed by atoms with van der Waals surface area (Å²) in [5.41, 5.74) is 4.47. The fraction of sp³-hybridized carbons (Fsp3) is 0.143. The van der Waals surface area contributed by atoms with Crippen LogP contribution in [0.25, 0.3) is 0 Å². The molecule has 5 rings (SSSR count). The van der Waals surface area contributed by atoms with Gasteiger partial charge in [0, 0.05) is 34.4 Å². The maximum absolute atomic E-state index is 6.34. The van der Waals surface area contributed by atoms with Gasteiger partial charge in [0.2, 0.25) is 6.23 Å². The van der Waals surface area contributed by atoms with Crippen LogP contribution in [0.15, 0.2) is 82.6 Å². The number of pyridine rings is 1. The van der Waals surface area contributed by atoms with Gasteiger partial charge in [0.05, 0.1) is 11.8 Å². The number of benzene rings is 2. The molecule has 0 aliphatic carbocycles. The molecule has 0 N–H and O–H groups in total. The van der Waals surface area contributed by atoms with Gasteiger partial charge in [0.1, 0.15) is 5.75 Å². The van der Waals surface area contributed by atoms with Gasteiger partial charge in [-0.25, -0.2) is 5.01 Å². The molecule has 2 aromatic carbocycles. The molecule has 128 valence electrons. The molecule has 0 unspecified atom stereocenters. The fourth-order valence-electron chi connectivity index (χ4n) is 3.61. The largest absolute Gasteiger partial charge is 0.464 e. The van der Waals surface area contributed by atoms with Crippen LogP contribution >= 0.6 is 15.9 Å². The highest BCUT2D eigenvalue weighted by molar-refractivity contribution is 9.10. The molecule has 2 aliphatic heterocycles. The quantitative estimate of drug-likeness (QED) is 0.595. The Morgan fingerprint density at radius 3 is 2.62 bits per heavy atom. The van der Waals surface area contributed by atoms with Crippen molar-refractivity contribution in [3.63, 3.8) is 0 Å². The summed E-state index contributed by atoms with van der Waals surface area (Å²) in [6.45, 7) is 0.